The van der Waals surface area contributed by atoms with E-state index in [1.165, 1.54) is 0 Å². The molecule has 1 saturated carbocycles. The molecule has 116 valence electrons. The van der Waals surface area contributed by atoms with E-state index in [-0.39, 0.29) is 18.4 Å². The van der Waals surface area contributed by atoms with Gasteiger partial charge in [0.25, 0.3) is 0 Å². The van der Waals surface area contributed by atoms with Crippen LogP contribution in [-0.2, 0) is 16.0 Å². The molecule has 0 aliphatic heterocycles. The molecule has 3 N–H and O–H groups in total. The van der Waals surface area contributed by atoms with Gasteiger partial charge in [0.15, 0.2) is 0 Å². The van der Waals surface area contributed by atoms with E-state index in [1.54, 1.807) is 0 Å². The maximum atomic E-state index is 12.2. The van der Waals surface area contributed by atoms with Crippen LogP contribution in [0.25, 0.3) is 0 Å². The van der Waals surface area contributed by atoms with E-state index in [9.17, 15) is 14.7 Å². The van der Waals surface area contributed by atoms with Gasteiger partial charge in [-0.1, -0.05) is 19.3 Å². The molecule has 1 amide bonds. The Morgan fingerprint density at radius 3 is 2.62 bits per heavy atom. The number of carboxylic acids is 1. The third-order valence-corrected chi connectivity index (χ3v) is 4.30. The number of nitrogens with zero attached hydrogens (tertiary/aromatic N) is 1. The first-order chi connectivity index (χ1) is 9.99. The van der Waals surface area contributed by atoms with Gasteiger partial charge in [-0.15, -0.1) is 0 Å². The third-order valence-electron chi connectivity index (χ3n) is 4.30. The molecule has 2 unspecified atom stereocenters. The van der Waals surface area contributed by atoms with Gasteiger partial charge in [-0.3, -0.25) is 14.7 Å². The van der Waals surface area contributed by atoms with Crippen molar-refractivity contribution in [3.63, 3.8) is 0 Å². The van der Waals surface area contributed by atoms with Gasteiger partial charge in [0.05, 0.1) is 18.0 Å². The Labute approximate surface area is 124 Å². The van der Waals surface area contributed by atoms with Crippen LogP contribution < -0.4 is 5.32 Å². The summed E-state index contributed by atoms with van der Waals surface area (Å²) in [6.45, 7) is 3.74. The first-order valence-corrected chi connectivity index (χ1v) is 7.51. The highest BCUT2D eigenvalue weighted by Crippen LogP contribution is 2.24. The number of aromatic nitrogens is 2. The number of nitrogens with one attached hydrogen (secondary N) is 2. The number of carboxylic acid groups (broad SMARTS) is 1. The number of carbonyl (C=O) groups is 2. The number of aliphatic carboxylic acids is 1. The number of hydrogen-bond acceptors (Lipinski definition) is 3. The number of rotatable bonds is 4. The molecule has 6 nitrogen and oxygen atoms in total. The van der Waals surface area contributed by atoms with Gasteiger partial charge in [0.2, 0.25) is 5.91 Å². The number of aryl methyl sites for hydroxylation is 2. The van der Waals surface area contributed by atoms with Crippen LogP contribution in [0.3, 0.4) is 0 Å². The lowest BCUT2D eigenvalue weighted by Gasteiger charge is -2.22. The minimum atomic E-state index is -0.808. The zero-order valence-electron chi connectivity index (χ0n) is 12.6. The van der Waals surface area contributed by atoms with E-state index in [0.717, 1.165) is 42.6 Å². The maximum absolute atomic E-state index is 12.2. The van der Waals surface area contributed by atoms with Crippen LogP contribution >= 0.6 is 0 Å². The van der Waals surface area contributed by atoms with E-state index >= 15 is 0 Å². The van der Waals surface area contributed by atoms with Crippen molar-refractivity contribution >= 4 is 11.9 Å². The van der Waals surface area contributed by atoms with Crippen molar-refractivity contribution < 1.29 is 14.7 Å². The lowest BCUT2D eigenvalue weighted by Crippen LogP contribution is -2.43. The standard InChI is InChI=1S/C15H23N3O3/c1-9-12(10(2)18-17-9)8-14(19)16-13-7-5-3-4-6-11(13)15(20)21/h11,13H,3-8H2,1-2H3,(H,16,19)(H,17,18)(H,20,21). The maximum Gasteiger partial charge on any atom is 0.308 e. The van der Waals surface area contributed by atoms with Crippen LogP contribution in [-0.4, -0.2) is 33.2 Å². The summed E-state index contributed by atoms with van der Waals surface area (Å²) in [4.78, 5) is 23.6. The number of amides is 1. The summed E-state index contributed by atoms with van der Waals surface area (Å²) in [6, 6.07) is -0.259. The van der Waals surface area contributed by atoms with Gasteiger partial charge in [-0.25, -0.2) is 0 Å². The third kappa shape index (κ3) is 3.83. The largest absolute Gasteiger partial charge is 0.481 e. The molecule has 0 aromatic carbocycles. The Morgan fingerprint density at radius 1 is 1.29 bits per heavy atom. The minimum Gasteiger partial charge on any atom is -0.481 e. The van der Waals surface area contributed by atoms with Crippen LogP contribution in [0.1, 0.15) is 49.1 Å². The fraction of sp³-hybridized carbons (Fsp3) is 0.667. The van der Waals surface area contributed by atoms with Crippen molar-refractivity contribution in [2.75, 3.05) is 0 Å². The molecule has 2 atom stereocenters. The molecule has 1 aliphatic carbocycles. The average Bonchev–Trinajstić information content (AvgIpc) is 2.66. The normalized spacial score (nSPS) is 22.6. The summed E-state index contributed by atoms with van der Waals surface area (Å²) in [5.74, 6) is -1.40. The van der Waals surface area contributed by atoms with Crippen LogP contribution in [0.5, 0.6) is 0 Å². The molecule has 1 aromatic heterocycles. The van der Waals surface area contributed by atoms with Gasteiger partial charge in [-0.2, -0.15) is 5.10 Å². The molecule has 0 spiro atoms. The number of hydrogen-bond donors (Lipinski definition) is 3. The second-order valence-electron chi connectivity index (χ2n) is 5.85. The number of carbonyl (C=O) groups excluding carboxylic acids is 1. The first kappa shape index (κ1) is 15.5. The van der Waals surface area contributed by atoms with Crippen molar-refractivity contribution in [3.05, 3.63) is 17.0 Å². The summed E-state index contributed by atoms with van der Waals surface area (Å²) < 4.78 is 0. The summed E-state index contributed by atoms with van der Waals surface area (Å²) in [7, 11) is 0. The minimum absolute atomic E-state index is 0.124. The molecule has 1 heterocycles. The van der Waals surface area contributed by atoms with Crippen LogP contribution in [0.2, 0.25) is 0 Å². The van der Waals surface area contributed by atoms with Crippen molar-refractivity contribution in [2.45, 2.75) is 58.4 Å². The highest BCUT2D eigenvalue weighted by molar-refractivity contribution is 5.80. The lowest BCUT2D eigenvalue weighted by atomic mass is 9.94. The lowest BCUT2D eigenvalue weighted by molar-refractivity contribution is -0.143. The topological polar surface area (TPSA) is 95.1 Å². The molecule has 1 fully saturated rings. The van der Waals surface area contributed by atoms with Gasteiger partial charge >= 0.3 is 5.97 Å². The molecule has 0 bridgehead atoms. The van der Waals surface area contributed by atoms with E-state index in [4.69, 9.17) is 0 Å². The molecule has 6 heteroatoms. The van der Waals surface area contributed by atoms with E-state index in [0.29, 0.717) is 6.42 Å². The summed E-state index contributed by atoms with van der Waals surface area (Å²) >= 11 is 0. The quantitative estimate of drug-likeness (QED) is 0.737. The predicted molar refractivity (Wildman–Crippen MR) is 77.9 cm³/mol. The van der Waals surface area contributed by atoms with Crippen LogP contribution in [0.15, 0.2) is 0 Å². The summed E-state index contributed by atoms with van der Waals surface area (Å²) in [5, 5.41) is 19.2. The second-order valence-corrected chi connectivity index (χ2v) is 5.85. The zero-order valence-corrected chi connectivity index (χ0v) is 12.6. The predicted octanol–water partition coefficient (Wildman–Crippen LogP) is 1.72. The molecule has 0 saturated heterocycles. The number of aromatic amines is 1. The fourth-order valence-corrected chi connectivity index (χ4v) is 3.03. The highest BCUT2D eigenvalue weighted by Gasteiger charge is 2.30. The highest BCUT2D eigenvalue weighted by atomic mass is 16.4. The van der Waals surface area contributed by atoms with Crippen LogP contribution in [0.4, 0.5) is 0 Å². The monoisotopic (exact) mass is 293 g/mol. The van der Waals surface area contributed by atoms with Gasteiger partial charge in [-0.05, 0) is 26.7 Å². The molecule has 2 rings (SSSR count). The van der Waals surface area contributed by atoms with Crippen LogP contribution in [0, 0.1) is 19.8 Å². The average molecular weight is 293 g/mol. The van der Waals surface area contributed by atoms with E-state index in [2.05, 4.69) is 15.5 Å². The van der Waals surface area contributed by atoms with E-state index < -0.39 is 11.9 Å². The molecule has 1 aliphatic rings. The molecular weight excluding hydrogens is 270 g/mol. The van der Waals surface area contributed by atoms with Crippen molar-refractivity contribution in [1.29, 1.82) is 0 Å². The Kier molecular flexibility index (Phi) is 4.98. The van der Waals surface area contributed by atoms with Crippen molar-refractivity contribution in [3.8, 4) is 0 Å². The Hall–Kier alpha value is -1.85. The Balaban J connectivity index is 2.01. The van der Waals surface area contributed by atoms with Gasteiger partial charge in [0.1, 0.15) is 0 Å². The molecule has 21 heavy (non-hydrogen) atoms. The molecule has 0 radical (unpaired) electrons. The summed E-state index contributed by atoms with van der Waals surface area (Å²) in [6.07, 6.45) is 4.56. The first-order valence-electron chi connectivity index (χ1n) is 7.51. The number of H-pyrrole nitrogens is 1. The van der Waals surface area contributed by atoms with Gasteiger partial charge < -0.3 is 10.4 Å². The smallest absolute Gasteiger partial charge is 0.308 e. The van der Waals surface area contributed by atoms with Crippen molar-refractivity contribution in [1.82, 2.24) is 15.5 Å². The van der Waals surface area contributed by atoms with E-state index in [1.807, 2.05) is 13.8 Å². The molecule has 1 aromatic rings. The fourth-order valence-electron chi connectivity index (χ4n) is 3.03. The van der Waals surface area contributed by atoms with Gasteiger partial charge in [0, 0.05) is 17.3 Å². The zero-order chi connectivity index (χ0) is 15.4. The van der Waals surface area contributed by atoms with Crippen molar-refractivity contribution in [2.24, 2.45) is 5.92 Å². The Morgan fingerprint density at radius 2 is 2.00 bits per heavy atom. The SMILES string of the molecule is Cc1n[nH]c(C)c1CC(=O)NC1CCCCCC1C(=O)O. The summed E-state index contributed by atoms with van der Waals surface area (Å²) in [5.41, 5.74) is 2.60. The Bertz CT molecular complexity index is 505. The second kappa shape index (κ2) is 6.74. The molecular formula is C15H23N3O3.